The third-order valence-electron chi connectivity index (χ3n) is 6.76. The summed E-state index contributed by atoms with van der Waals surface area (Å²) in [5.74, 6) is 0. The van der Waals surface area contributed by atoms with Crippen molar-refractivity contribution in [3.8, 4) is 0 Å². The standard InChI is InChI=1S/C28H14BrNS/c29-16-9-11-26-23(13-16)20-10-8-15-12-22-19-6-3-5-18-17-4-1-2-7-24(17)30(27(18)19)25(22)14-21(15)28(20)31-26/h1-14H. The minimum atomic E-state index is 1.13. The highest BCUT2D eigenvalue weighted by Gasteiger charge is 2.18. The molecule has 1 nitrogen and oxygen atoms in total. The molecule has 5 aromatic carbocycles. The number of hydrogen-bond donors (Lipinski definition) is 0. The summed E-state index contributed by atoms with van der Waals surface area (Å²) in [6, 6.07) is 31.5. The van der Waals surface area contributed by atoms with Crippen molar-refractivity contribution in [1.29, 1.82) is 0 Å². The van der Waals surface area contributed by atoms with Gasteiger partial charge in [-0.2, -0.15) is 0 Å². The Hall–Kier alpha value is -3.14. The molecule has 3 heterocycles. The number of nitrogens with zero attached hydrogens (tertiary/aromatic N) is 1. The predicted molar refractivity (Wildman–Crippen MR) is 139 cm³/mol. The molecule has 3 aromatic heterocycles. The summed E-state index contributed by atoms with van der Waals surface area (Å²) in [6.07, 6.45) is 0. The second kappa shape index (κ2) is 5.56. The fraction of sp³-hybridized carbons (Fsp3) is 0. The van der Waals surface area contributed by atoms with Crippen LogP contribution in [0.3, 0.4) is 0 Å². The second-order valence-electron chi connectivity index (χ2n) is 8.33. The molecule has 0 spiro atoms. The van der Waals surface area contributed by atoms with Crippen molar-refractivity contribution in [3.63, 3.8) is 0 Å². The number of hydrogen-bond acceptors (Lipinski definition) is 1. The van der Waals surface area contributed by atoms with E-state index in [1.807, 2.05) is 11.3 Å². The first-order chi connectivity index (χ1) is 15.3. The van der Waals surface area contributed by atoms with Crippen LogP contribution in [-0.2, 0) is 0 Å². The highest BCUT2D eigenvalue weighted by molar-refractivity contribution is 9.10. The molecule has 0 fully saturated rings. The van der Waals surface area contributed by atoms with Crippen LogP contribution in [0.4, 0.5) is 0 Å². The molecule has 0 saturated carbocycles. The molecule has 31 heavy (non-hydrogen) atoms. The Morgan fingerprint density at radius 1 is 0.581 bits per heavy atom. The van der Waals surface area contributed by atoms with Gasteiger partial charge in [-0.25, -0.2) is 0 Å². The number of halogens is 1. The lowest BCUT2D eigenvalue weighted by atomic mass is 10.0. The van der Waals surface area contributed by atoms with Gasteiger partial charge in [0.15, 0.2) is 0 Å². The number of benzene rings is 5. The van der Waals surface area contributed by atoms with E-state index < -0.39 is 0 Å². The third-order valence-corrected chi connectivity index (χ3v) is 8.47. The molecule has 0 aliphatic carbocycles. The lowest BCUT2D eigenvalue weighted by Gasteiger charge is -2.03. The van der Waals surface area contributed by atoms with Crippen molar-refractivity contribution in [2.75, 3.05) is 0 Å². The monoisotopic (exact) mass is 475 g/mol. The van der Waals surface area contributed by atoms with Gasteiger partial charge in [0.2, 0.25) is 0 Å². The number of thiophene rings is 1. The summed E-state index contributed by atoms with van der Waals surface area (Å²) in [6.45, 7) is 0. The lowest BCUT2D eigenvalue weighted by molar-refractivity contribution is 1.37. The maximum atomic E-state index is 3.65. The van der Waals surface area contributed by atoms with Crippen LogP contribution in [0.25, 0.3) is 69.0 Å². The molecule has 0 bridgehead atoms. The molecule has 0 aliphatic heterocycles. The van der Waals surface area contributed by atoms with E-state index in [0.29, 0.717) is 0 Å². The van der Waals surface area contributed by atoms with Gasteiger partial charge in [-0.05, 0) is 41.8 Å². The quantitative estimate of drug-likeness (QED) is 0.206. The van der Waals surface area contributed by atoms with Gasteiger partial charge in [0.25, 0.3) is 0 Å². The second-order valence-corrected chi connectivity index (χ2v) is 10.3. The normalized spacial score (nSPS) is 12.7. The first-order valence-electron chi connectivity index (χ1n) is 10.4. The Balaban J connectivity index is 1.65. The summed E-state index contributed by atoms with van der Waals surface area (Å²) in [4.78, 5) is 0. The minimum absolute atomic E-state index is 1.13. The van der Waals surface area contributed by atoms with Gasteiger partial charge in [0.05, 0.1) is 16.6 Å². The zero-order chi connectivity index (χ0) is 20.3. The largest absolute Gasteiger partial charge is 0.308 e. The molecule has 0 radical (unpaired) electrons. The highest BCUT2D eigenvalue weighted by Crippen LogP contribution is 2.44. The van der Waals surface area contributed by atoms with Crippen molar-refractivity contribution in [1.82, 2.24) is 4.40 Å². The van der Waals surface area contributed by atoms with Gasteiger partial charge < -0.3 is 4.40 Å². The zero-order valence-electron chi connectivity index (χ0n) is 16.3. The Labute approximate surface area is 189 Å². The van der Waals surface area contributed by atoms with Gasteiger partial charge in [-0.3, -0.25) is 0 Å². The summed E-state index contributed by atoms with van der Waals surface area (Å²) in [7, 11) is 0. The van der Waals surface area contributed by atoms with Crippen molar-refractivity contribution in [2.45, 2.75) is 0 Å². The van der Waals surface area contributed by atoms with Gasteiger partial charge in [0.1, 0.15) is 0 Å². The maximum Gasteiger partial charge on any atom is 0.0620 e. The van der Waals surface area contributed by atoms with E-state index in [4.69, 9.17) is 0 Å². The van der Waals surface area contributed by atoms with Crippen LogP contribution in [-0.4, -0.2) is 4.40 Å². The molecule has 0 N–H and O–H groups in total. The van der Waals surface area contributed by atoms with E-state index in [9.17, 15) is 0 Å². The van der Waals surface area contributed by atoms with E-state index in [1.165, 1.54) is 69.0 Å². The molecular formula is C28H14BrNS. The van der Waals surface area contributed by atoms with Crippen molar-refractivity contribution < 1.29 is 0 Å². The van der Waals surface area contributed by atoms with Crippen LogP contribution in [0.2, 0.25) is 0 Å². The SMILES string of the molecule is Brc1ccc2sc3c4cc5c(cc4ccc3c2c1)c1cccc2c3ccccc3n5c21. The molecule has 0 saturated heterocycles. The average Bonchev–Trinajstić information content (AvgIpc) is 3.44. The first-order valence-corrected chi connectivity index (χ1v) is 12.0. The molecular weight excluding hydrogens is 462 g/mol. The topological polar surface area (TPSA) is 4.41 Å². The average molecular weight is 476 g/mol. The fourth-order valence-electron chi connectivity index (χ4n) is 5.45. The summed E-state index contributed by atoms with van der Waals surface area (Å²) >= 11 is 5.54. The Bertz CT molecular complexity index is 2010. The van der Waals surface area contributed by atoms with Crippen LogP contribution in [0.15, 0.2) is 89.4 Å². The van der Waals surface area contributed by atoms with Crippen molar-refractivity contribution in [3.05, 3.63) is 89.4 Å². The maximum absolute atomic E-state index is 3.65. The van der Waals surface area contributed by atoms with Gasteiger partial charge in [-0.1, -0.05) is 64.5 Å². The van der Waals surface area contributed by atoms with Crippen LogP contribution in [0, 0.1) is 0 Å². The van der Waals surface area contributed by atoms with Gasteiger partial charge in [-0.15, -0.1) is 11.3 Å². The minimum Gasteiger partial charge on any atom is -0.308 e. The number of fused-ring (bicyclic) bond motifs is 11. The van der Waals surface area contributed by atoms with Crippen LogP contribution in [0.1, 0.15) is 0 Å². The van der Waals surface area contributed by atoms with E-state index in [-0.39, 0.29) is 0 Å². The third kappa shape index (κ3) is 1.97. The summed E-state index contributed by atoms with van der Waals surface area (Å²) in [5.41, 5.74) is 3.92. The molecule has 3 heteroatoms. The molecule has 0 atom stereocenters. The Morgan fingerprint density at radius 3 is 2.35 bits per heavy atom. The Kier molecular flexibility index (Phi) is 2.96. The fourth-order valence-corrected chi connectivity index (χ4v) is 7.02. The number of para-hydroxylation sites is 2. The predicted octanol–water partition coefficient (Wildman–Crippen LogP) is 9.12. The van der Waals surface area contributed by atoms with E-state index in [1.54, 1.807) is 0 Å². The number of rotatable bonds is 0. The summed E-state index contributed by atoms with van der Waals surface area (Å²) < 4.78 is 6.31. The van der Waals surface area contributed by atoms with Gasteiger partial charge in [0, 0.05) is 51.6 Å². The molecule has 0 amide bonds. The van der Waals surface area contributed by atoms with Crippen LogP contribution < -0.4 is 0 Å². The highest BCUT2D eigenvalue weighted by atomic mass is 79.9. The van der Waals surface area contributed by atoms with Crippen molar-refractivity contribution >= 4 is 96.3 Å². The van der Waals surface area contributed by atoms with E-state index >= 15 is 0 Å². The van der Waals surface area contributed by atoms with Crippen molar-refractivity contribution in [2.24, 2.45) is 0 Å². The Morgan fingerprint density at radius 2 is 1.42 bits per heavy atom. The molecule has 144 valence electrons. The molecule has 8 rings (SSSR count). The molecule has 0 unspecified atom stereocenters. The van der Waals surface area contributed by atoms with Crippen LogP contribution >= 0.6 is 27.3 Å². The van der Waals surface area contributed by atoms with Gasteiger partial charge >= 0.3 is 0 Å². The zero-order valence-corrected chi connectivity index (χ0v) is 18.7. The summed E-state index contributed by atoms with van der Waals surface area (Å²) in [5, 5.41) is 10.7. The van der Waals surface area contributed by atoms with Crippen LogP contribution in [0.5, 0.6) is 0 Å². The first kappa shape index (κ1) is 16.5. The molecule has 0 aliphatic rings. The smallest absolute Gasteiger partial charge is 0.0620 e. The number of aromatic nitrogens is 1. The van der Waals surface area contributed by atoms with E-state index in [2.05, 4.69) is 105 Å². The van der Waals surface area contributed by atoms with E-state index in [0.717, 1.165) is 4.47 Å². The molecule has 8 aromatic rings. The lowest BCUT2D eigenvalue weighted by Crippen LogP contribution is -1.81.